The Kier molecular flexibility index (Phi) is 6.68. The molecule has 0 saturated carbocycles. The first kappa shape index (κ1) is 23.5. The second-order valence-corrected chi connectivity index (χ2v) is 8.83. The molecule has 0 bridgehead atoms. The van der Waals surface area contributed by atoms with E-state index in [4.69, 9.17) is 40.0 Å². The number of pyridine rings is 1. The number of aromatic nitrogens is 4. The fourth-order valence-corrected chi connectivity index (χ4v) is 3.99. The maximum Gasteiger partial charge on any atom is 0.254 e. The van der Waals surface area contributed by atoms with E-state index in [9.17, 15) is 4.79 Å². The van der Waals surface area contributed by atoms with Crippen molar-refractivity contribution in [2.24, 2.45) is 0 Å². The second kappa shape index (κ2) is 9.67. The molecule has 0 aliphatic heterocycles. The van der Waals surface area contributed by atoms with Crippen LogP contribution in [0.4, 0.5) is 11.5 Å². The maximum atomic E-state index is 12.6. The van der Waals surface area contributed by atoms with E-state index in [1.54, 1.807) is 16.8 Å². The molecule has 2 N–H and O–H groups in total. The number of carbonyl (C=O) groups excluding carboxylic acids is 1. The zero-order chi connectivity index (χ0) is 24.4. The molecular weight excluding hydrogens is 475 g/mol. The van der Waals surface area contributed by atoms with Gasteiger partial charge in [-0.05, 0) is 31.0 Å². The summed E-state index contributed by atoms with van der Waals surface area (Å²) < 4.78 is 6.93. The van der Waals surface area contributed by atoms with E-state index in [2.05, 4.69) is 20.1 Å². The maximum absolute atomic E-state index is 12.6. The first-order chi connectivity index (χ1) is 16.3. The molecule has 0 aliphatic carbocycles. The number of rotatable bonds is 7. The number of nitrogen functional groups attached to an aromatic ring is 1. The van der Waals surface area contributed by atoms with Crippen molar-refractivity contribution in [1.82, 2.24) is 19.9 Å². The van der Waals surface area contributed by atoms with Gasteiger partial charge in [-0.15, -0.1) is 0 Å². The van der Waals surface area contributed by atoms with E-state index < -0.39 is 0 Å². The number of ketones is 1. The van der Waals surface area contributed by atoms with Gasteiger partial charge in [-0.3, -0.25) is 14.5 Å². The van der Waals surface area contributed by atoms with Crippen molar-refractivity contribution in [2.75, 3.05) is 5.73 Å². The van der Waals surface area contributed by atoms with E-state index >= 15 is 0 Å². The molecule has 8 nitrogen and oxygen atoms in total. The number of benzene rings is 1. The molecule has 0 spiro atoms. The highest BCUT2D eigenvalue weighted by Gasteiger charge is 2.19. The predicted molar refractivity (Wildman–Crippen MR) is 131 cm³/mol. The Bertz CT molecular complexity index is 1400. The van der Waals surface area contributed by atoms with Crippen molar-refractivity contribution in [3.8, 4) is 22.6 Å². The van der Waals surface area contributed by atoms with Crippen molar-refractivity contribution in [2.45, 2.75) is 32.7 Å². The number of nitrogens with two attached hydrogens (primary N) is 1. The average molecular weight is 495 g/mol. The van der Waals surface area contributed by atoms with E-state index in [0.29, 0.717) is 44.4 Å². The highest BCUT2D eigenvalue weighted by atomic mass is 35.5. The molecule has 1 aromatic carbocycles. The van der Waals surface area contributed by atoms with Gasteiger partial charge in [0.1, 0.15) is 34.4 Å². The normalized spacial score (nSPS) is 11.1. The molecule has 0 radical (unpaired) electrons. The Labute approximate surface area is 206 Å². The van der Waals surface area contributed by atoms with E-state index in [1.165, 1.54) is 6.20 Å². The van der Waals surface area contributed by atoms with Crippen LogP contribution >= 0.6 is 23.2 Å². The summed E-state index contributed by atoms with van der Waals surface area (Å²) in [6, 6.07) is 10.6. The summed E-state index contributed by atoms with van der Waals surface area (Å²) in [6.07, 6.45) is 1.76. The summed E-state index contributed by atoms with van der Waals surface area (Å²) in [7, 11) is 0. The first-order valence-corrected chi connectivity index (χ1v) is 11.2. The number of halogens is 2. The lowest BCUT2D eigenvalue weighted by atomic mass is 10.0. The highest BCUT2D eigenvalue weighted by Crippen LogP contribution is 2.36. The summed E-state index contributed by atoms with van der Waals surface area (Å²) in [4.78, 5) is 20.3. The second-order valence-electron chi connectivity index (χ2n) is 7.98. The predicted octanol–water partition coefficient (Wildman–Crippen LogP) is 5.98. The van der Waals surface area contributed by atoms with Crippen molar-refractivity contribution in [3.05, 3.63) is 75.4 Å². The van der Waals surface area contributed by atoms with Crippen LogP contribution in [0.3, 0.4) is 0 Å². The Morgan fingerprint density at radius 1 is 1.18 bits per heavy atom. The van der Waals surface area contributed by atoms with Crippen LogP contribution in [0.25, 0.3) is 27.5 Å². The summed E-state index contributed by atoms with van der Waals surface area (Å²) in [6.45, 7) is 11.4. The molecule has 3 heterocycles. The largest absolute Gasteiger partial charge is 0.393 e. The number of nitrogens with zero attached hydrogens (tertiary/aromatic N) is 5. The molecular formula is C24H20Cl2N6O2. The zero-order valence-corrected chi connectivity index (χ0v) is 19.9. The van der Waals surface area contributed by atoms with Crippen LogP contribution in [-0.4, -0.2) is 25.7 Å². The van der Waals surface area contributed by atoms with Crippen LogP contribution in [-0.2, 0) is 17.6 Å². The molecule has 4 aromatic rings. The van der Waals surface area contributed by atoms with Gasteiger partial charge in [0.2, 0.25) is 0 Å². The van der Waals surface area contributed by atoms with Crippen LogP contribution in [0, 0.1) is 6.57 Å². The molecule has 0 atom stereocenters. The average Bonchev–Trinajstić information content (AvgIpc) is 3.38. The minimum atomic E-state index is -0.0409. The molecule has 0 fully saturated rings. The van der Waals surface area contributed by atoms with E-state index in [1.807, 2.05) is 38.1 Å². The van der Waals surface area contributed by atoms with Crippen LogP contribution in [0.15, 0.2) is 47.1 Å². The monoisotopic (exact) mass is 494 g/mol. The molecule has 0 aliphatic rings. The molecule has 3 aromatic heterocycles. The number of anilines is 1. The summed E-state index contributed by atoms with van der Waals surface area (Å²) in [5, 5.41) is 9.23. The topological polar surface area (TPSA) is 104 Å². The number of Topliss-reactive ketones (excluding diaryl/α,β-unsaturated/α-hetero) is 1. The number of carbonyl (C=O) groups is 1. The summed E-state index contributed by atoms with van der Waals surface area (Å²) >= 11 is 12.0. The molecule has 0 amide bonds. The van der Waals surface area contributed by atoms with E-state index in [-0.39, 0.29) is 24.7 Å². The van der Waals surface area contributed by atoms with Crippen molar-refractivity contribution in [3.63, 3.8) is 0 Å². The van der Waals surface area contributed by atoms with Gasteiger partial charge < -0.3 is 10.3 Å². The third kappa shape index (κ3) is 4.81. The van der Waals surface area contributed by atoms with Gasteiger partial charge in [0.05, 0.1) is 23.0 Å². The van der Waals surface area contributed by atoms with Gasteiger partial charge in [0.15, 0.2) is 0 Å². The molecule has 10 heteroatoms. The molecule has 4 rings (SSSR count). The van der Waals surface area contributed by atoms with E-state index in [0.717, 1.165) is 11.1 Å². The van der Waals surface area contributed by atoms with Crippen LogP contribution in [0.2, 0.25) is 10.0 Å². The summed E-state index contributed by atoms with van der Waals surface area (Å²) in [5.74, 6) is 0.724. The highest BCUT2D eigenvalue weighted by molar-refractivity contribution is 6.36. The Morgan fingerprint density at radius 2 is 1.91 bits per heavy atom. The lowest BCUT2D eigenvalue weighted by Gasteiger charge is -2.07. The lowest BCUT2D eigenvalue weighted by Crippen LogP contribution is -2.06. The lowest BCUT2D eigenvalue weighted by molar-refractivity contribution is -0.118. The van der Waals surface area contributed by atoms with Crippen LogP contribution in [0.5, 0.6) is 0 Å². The quantitative estimate of drug-likeness (QED) is 0.317. The zero-order valence-electron chi connectivity index (χ0n) is 18.4. The number of hydrogen-bond donors (Lipinski definition) is 1. The van der Waals surface area contributed by atoms with Crippen molar-refractivity contribution >= 4 is 40.5 Å². The Morgan fingerprint density at radius 3 is 2.56 bits per heavy atom. The van der Waals surface area contributed by atoms with Crippen molar-refractivity contribution in [1.29, 1.82) is 0 Å². The standard InChI is InChI=1S/C24H20Cl2N6O2/c1-13(2)32-24(27)23(28-3)21(30-32)15-6-4-14(5-7-15)8-17(33)10-18-11-20(31-34-18)22-19(26)9-16(25)12-29-22/h4-7,9,11-13H,8,10,27H2,1-2H3. The van der Waals surface area contributed by atoms with Gasteiger partial charge in [-0.2, -0.15) is 5.10 Å². The van der Waals surface area contributed by atoms with Crippen molar-refractivity contribution < 1.29 is 9.32 Å². The summed E-state index contributed by atoms with van der Waals surface area (Å²) in [5.41, 5.74) is 9.41. The third-order valence-corrected chi connectivity index (χ3v) is 5.63. The molecule has 0 unspecified atom stereocenters. The van der Waals surface area contributed by atoms with Gasteiger partial charge in [-0.1, -0.05) is 52.6 Å². The Hall–Kier alpha value is -3.67. The smallest absolute Gasteiger partial charge is 0.254 e. The number of hydrogen-bond acceptors (Lipinski definition) is 6. The minimum absolute atomic E-state index is 0.0363. The third-order valence-electron chi connectivity index (χ3n) is 5.13. The van der Waals surface area contributed by atoms with Gasteiger partial charge in [0, 0.05) is 24.7 Å². The minimum Gasteiger partial charge on any atom is -0.393 e. The molecule has 172 valence electrons. The van der Waals surface area contributed by atoms with Gasteiger partial charge in [-0.25, -0.2) is 4.85 Å². The SMILES string of the molecule is [C-]#[N+]c1c(-c2ccc(CC(=O)Cc3cc(-c4ncc(Cl)cc4Cl)no3)cc2)nn(C(C)C)c1N. The van der Waals surface area contributed by atoms with Crippen LogP contribution < -0.4 is 5.73 Å². The fraction of sp³-hybridized carbons (Fsp3) is 0.208. The van der Waals surface area contributed by atoms with Crippen LogP contribution in [0.1, 0.15) is 31.2 Å². The fourth-order valence-electron chi connectivity index (χ4n) is 3.51. The molecule has 0 saturated heterocycles. The van der Waals surface area contributed by atoms with Gasteiger partial charge in [0.25, 0.3) is 5.69 Å². The Balaban J connectivity index is 1.45. The molecule has 34 heavy (non-hydrogen) atoms. The van der Waals surface area contributed by atoms with Gasteiger partial charge >= 0.3 is 0 Å². The first-order valence-electron chi connectivity index (χ1n) is 10.4.